The summed E-state index contributed by atoms with van der Waals surface area (Å²) < 4.78 is 38.5. The van der Waals surface area contributed by atoms with Crippen molar-refractivity contribution in [2.24, 2.45) is 0 Å². The summed E-state index contributed by atoms with van der Waals surface area (Å²) in [5.74, 6) is -1.05. The van der Waals surface area contributed by atoms with Crippen molar-refractivity contribution in [2.45, 2.75) is 13.5 Å². The Labute approximate surface area is 158 Å². The fourth-order valence-electron chi connectivity index (χ4n) is 2.34. The Bertz CT molecular complexity index is 901. The second-order valence-electron chi connectivity index (χ2n) is 6.10. The Morgan fingerprint density at radius 2 is 1.77 bits per heavy atom. The summed E-state index contributed by atoms with van der Waals surface area (Å²) >= 11 is 5.74. The molecule has 8 heteroatoms. The molecule has 0 aliphatic rings. The molecule has 0 aromatic heterocycles. The first-order chi connectivity index (χ1) is 12.1. The van der Waals surface area contributed by atoms with E-state index in [1.54, 1.807) is 7.05 Å². The molecule has 2 aromatic rings. The molecule has 0 fully saturated rings. The largest absolute Gasteiger partial charge is 0.340 e. The number of carbonyl (C=O) groups excluding carboxylic acids is 1. The van der Waals surface area contributed by atoms with E-state index in [0.29, 0.717) is 6.54 Å². The molecule has 0 saturated carbocycles. The maximum absolute atomic E-state index is 13.3. The molecule has 0 atom stereocenters. The van der Waals surface area contributed by atoms with Crippen LogP contribution in [-0.2, 0) is 21.4 Å². The third-order valence-corrected chi connectivity index (χ3v) is 5.27. The molecule has 0 unspecified atom stereocenters. The lowest BCUT2D eigenvalue weighted by molar-refractivity contribution is -0.128. The van der Waals surface area contributed by atoms with Crippen molar-refractivity contribution in [3.63, 3.8) is 0 Å². The average molecular weight is 399 g/mol. The van der Waals surface area contributed by atoms with E-state index in [0.717, 1.165) is 27.8 Å². The summed E-state index contributed by atoms with van der Waals surface area (Å²) in [6, 6.07) is 11.2. The highest BCUT2D eigenvalue weighted by atomic mass is 35.5. The highest BCUT2D eigenvalue weighted by molar-refractivity contribution is 7.92. The van der Waals surface area contributed by atoms with Gasteiger partial charge >= 0.3 is 0 Å². The zero-order valence-electron chi connectivity index (χ0n) is 14.7. The molecule has 26 heavy (non-hydrogen) atoms. The fourth-order valence-corrected chi connectivity index (χ4v) is 3.36. The Balaban J connectivity index is 2.18. The van der Waals surface area contributed by atoms with Crippen LogP contribution < -0.4 is 4.31 Å². The summed E-state index contributed by atoms with van der Waals surface area (Å²) in [5, 5.41) is -0.211. The number of sulfonamides is 1. The van der Waals surface area contributed by atoms with E-state index in [2.05, 4.69) is 0 Å². The first-order valence-corrected chi connectivity index (χ1v) is 10.0. The molecule has 0 bridgehead atoms. The van der Waals surface area contributed by atoms with Crippen LogP contribution in [0.3, 0.4) is 0 Å². The summed E-state index contributed by atoms with van der Waals surface area (Å²) in [4.78, 5) is 13.9. The zero-order valence-corrected chi connectivity index (χ0v) is 16.3. The van der Waals surface area contributed by atoms with E-state index in [9.17, 15) is 17.6 Å². The van der Waals surface area contributed by atoms with Gasteiger partial charge in [0.1, 0.15) is 12.4 Å². The number of likely N-dealkylation sites (N-methyl/N-ethyl adjacent to an activating group) is 1. The molecular formula is C18H20ClFN2O3S. The summed E-state index contributed by atoms with van der Waals surface area (Å²) in [7, 11) is -2.15. The molecule has 5 nitrogen and oxygen atoms in total. The van der Waals surface area contributed by atoms with Gasteiger partial charge in [0.25, 0.3) is 0 Å². The van der Waals surface area contributed by atoms with Crippen molar-refractivity contribution in [3.05, 3.63) is 64.4 Å². The molecule has 140 valence electrons. The molecule has 0 saturated heterocycles. The van der Waals surface area contributed by atoms with Gasteiger partial charge in [-0.05, 0) is 30.7 Å². The van der Waals surface area contributed by atoms with Crippen molar-refractivity contribution in [3.8, 4) is 0 Å². The molecular weight excluding hydrogens is 379 g/mol. The van der Waals surface area contributed by atoms with Crippen molar-refractivity contribution in [1.82, 2.24) is 4.90 Å². The molecule has 0 radical (unpaired) electrons. The van der Waals surface area contributed by atoms with Crippen LogP contribution in [0.2, 0.25) is 5.02 Å². The van der Waals surface area contributed by atoms with E-state index in [1.165, 1.54) is 17.0 Å². The normalized spacial score (nSPS) is 11.3. The fraction of sp³-hybridized carbons (Fsp3) is 0.278. The SMILES string of the molecule is Cc1ccc(CN(C)C(=O)CN(c2ccc(F)c(Cl)c2)S(C)(=O)=O)cc1. The summed E-state index contributed by atoms with van der Waals surface area (Å²) in [6.07, 6.45) is 0.984. The smallest absolute Gasteiger partial charge is 0.243 e. The Morgan fingerprint density at radius 3 is 2.31 bits per heavy atom. The first-order valence-electron chi connectivity index (χ1n) is 7.80. The zero-order chi connectivity index (χ0) is 19.5. The molecule has 2 rings (SSSR count). The van der Waals surface area contributed by atoms with Crippen molar-refractivity contribution in [1.29, 1.82) is 0 Å². The predicted octanol–water partition coefficient (Wildman–Crippen LogP) is 3.21. The number of nitrogens with zero attached hydrogens (tertiary/aromatic N) is 2. The van der Waals surface area contributed by atoms with Crippen molar-refractivity contribution in [2.75, 3.05) is 24.2 Å². The van der Waals surface area contributed by atoms with Gasteiger partial charge in [0.05, 0.1) is 17.0 Å². The maximum Gasteiger partial charge on any atom is 0.243 e. The van der Waals surface area contributed by atoms with E-state index in [1.807, 2.05) is 31.2 Å². The second-order valence-corrected chi connectivity index (χ2v) is 8.42. The lowest BCUT2D eigenvalue weighted by Gasteiger charge is -2.25. The summed E-state index contributed by atoms with van der Waals surface area (Å²) in [5.41, 5.74) is 2.18. The van der Waals surface area contributed by atoms with Gasteiger partial charge in [0.15, 0.2) is 0 Å². The van der Waals surface area contributed by atoms with Crippen LogP contribution in [0.1, 0.15) is 11.1 Å². The predicted molar refractivity (Wildman–Crippen MR) is 101 cm³/mol. The number of carbonyl (C=O) groups is 1. The Morgan fingerprint density at radius 1 is 1.15 bits per heavy atom. The molecule has 0 aliphatic heterocycles. The number of halogens is 2. The molecule has 1 amide bonds. The van der Waals surface area contributed by atoms with E-state index >= 15 is 0 Å². The summed E-state index contributed by atoms with van der Waals surface area (Å²) in [6.45, 7) is 1.92. The number of benzene rings is 2. The third kappa shape index (κ3) is 5.19. The highest BCUT2D eigenvalue weighted by Crippen LogP contribution is 2.24. The van der Waals surface area contributed by atoms with Gasteiger partial charge in [-0.1, -0.05) is 41.4 Å². The number of rotatable bonds is 6. The number of aryl methyl sites for hydroxylation is 1. The van der Waals surface area contributed by atoms with E-state index < -0.39 is 28.3 Å². The quantitative estimate of drug-likeness (QED) is 0.750. The van der Waals surface area contributed by atoms with Crippen LogP contribution in [0.4, 0.5) is 10.1 Å². The lowest BCUT2D eigenvalue weighted by Crippen LogP contribution is -2.41. The van der Waals surface area contributed by atoms with Crippen LogP contribution in [0.25, 0.3) is 0 Å². The minimum absolute atomic E-state index is 0.135. The number of hydrogen-bond acceptors (Lipinski definition) is 3. The van der Waals surface area contributed by atoms with Gasteiger partial charge in [0, 0.05) is 13.6 Å². The van der Waals surface area contributed by atoms with Gasteiger partial charge in [-0.15, -0.1) is 0 Å². The molecule has 0 aliphatic carbocycles. The average Bonchev–Trinajstić information content (AvgIpc) is 2.56. The third-order valence-electron chi connectivity index (χ3n) is 3.84. The molecule has 2 aromatic carbocycles. The topological polar surface area (TPSA) is 57.7 Å². The van der Waals surface area contributed by atoms with E-state index in [4.69, 9.17) is 11.6 Å². The van der Waals surface area contributed by atoms with Gasteiger partial charge < -0.3 is 4.90 Å². The Hall–Kier alpha value is -2.12. The number of hydrogen-bond donors (Lipinski definition) is 0. The Kier molecular flexibility index (Phi) is 6.26. The molecule has 0 heterocycles. The van der Waals surface area contributed by atoms with Gasteiger partial charge in [-0.2, -0.15) is 0 Å². The van der Waals surface area contributed by atoms with Crippen LogP contribution in [0, 0.1) is 12.7 Å². The monoisotopic (exact) mass is 398 g/mol. The van der Waals surface area contributed by atoms with Crippen LogP contribution in [-0.4, -0.2) is 39.1 Å². The lowest BCUT2D eigenvalue weighted by atomic mass is 10.1. The maximum atomic E-state index is 13.3. The van der Waals surface area contributed by atoms with Crippen LogP contribution >= 0.6 is 11.6 Å². The first kappa shape index (κ1) is 20.2. The van der Waals surface area contributed by atoms with Crippen molar-refractivity contribution < 1.29 is 17.6 Å². The minimum atomic E-state index is -3.75. The second kappa shape index (κ2) is 8.05. The van der Waals surface area contributed by atoms with Gasteiger partial charge in [0.2, 0.25) is 15.9 Å². The molecule has 0 N–H and O–H groups in total. The van der Waals surface area contributed by atoms with Crippen LogP contribution in [0.15, 0.2) is 42.5 Å². The molecule has 0 spiro atoms. The number of anilines is 1. The van der Waals surface area contributed by atoms with Crippen LogP contribution in [0.5, 0.6) is 0 Å². The van der Waals surface area contributed by atoms with Crippen molar-refractivity contribution >= 4 is 33.2 Å². The number of amides is 1. The highest BCUT2D eigenvalue weighted by Gasteiger charge is 2.23. The van der Waals surface area contributed by atoms with Gasteiger partial charge in [-0.25, -0.2) is 12.8 Å². The standard InChI is InChI=1S/C18H20ClFN2O3S/c1-13-4-6-14(7-5-13)11-21(2)18(23)12-22(26(3,24)25)15-8-9-17(20)16(19)10-15/h4-10H,11-12H2,1-3H3. The van der Waals surface area contributed by atoms with E-state index in [-0.39, 0.29) is 10.7 Å². The minimum Gasteiger partial charge on any atom is -0.340 e. The van der Waals surface area contributed by atoms with Gasteiger partial charge in [-0.3, -0.25) is 9.10 Å².